The first-order valence-corrected chi connectivity index (χ1v) is 9.95. The second kappa shape index (κ2) is 8.96. The van der Waals surface area contributed by atoms with Gasteiger partial charge in [-0.3, -0.25) is 0 Å². The van der Waals surface area contributed by atoms with E-state index in [1.54, 1.807) is 7.11 Å². The summed E-state index contributed by atoms with van der Waals surface area (Å²) in [5.41, 5.74) is 4.14. The molecule has 0 aliphatic carbocycles. The highest BCUT2D eigenvalue weighted by Crippen LogP contribution is 2.24. The van der Waals surface area contributed by atoms with Crippen molar-refractivity contribution >= 4 is 29.2 Å². The fourth-order valence-corrected chi connectivity index (χ4v) is 3.18. The average Bonchev–Trinajstić information content (AvgIpc) is 2.77. The van der Waals surface area contributed by atoms with Gasteiger partial charge in [0.05, 0.1) is 20.3 Å². The lowest BCUT2D eigenvalue weighted by molar-refractivity contribution is 0.122. The number of rotatable bonds is 6. The van der Waals surface area contributed by atoms with Gasteiger partial charge in [0.2, 0.25) is 17.8 Å². The highest BCUT2D eigenvalue weighted by Gasteiger charge is 2.17. The molecular weight excluding hydrogens is 380 g/mol. The fraction of sp³-hybridized carbons (Fsp3) is 0.318. The maximum atomic E-state index is 5.47. The summed E-state index contributed by atoms with van der Waals surface area (Å²) in [6.45, 7) is 6.93. The third-order valence-electron chi connectivity index (χ3n) is 4.90. The molecule has 1 fully saturated rings. The summed E-state index contributed by atoms with van der Waals surface area (Å²) in [6, 6.07) is 13.9. The topological polar surface area (TPSA) is 84.4 Å². The van der Waals surface area contributed by atoms with Crippen LogP contribution in [0.5, 0.6) is 5.75 Å². The number of hydrogen-bond acceptors (Lipinski definition) is 8. The molecule has 0 unspecified atom stereocenters. The Kier molecular flexibility index (Phi) is 5.94. The van der Waals surface area contributed by atoms with E-state index in [2.05, 4.69) is 62.5 Å². The highest BCUT2D eigenvalue weighted by atomic mass is 16.5. The number of nitrogens with zero attached hydrogens (tertiary/aromatic N) is 4. The van der Waals surface area contributed by atoms with E-state index in [1.807, 2.05) is 24.3 Å². The number of benzene rings is 2. The Morgan fingerprint density at radius 2 is 1.60 bits per heavy atom. The summed E-state index contributed by atoms with van der Waals surface area (Å²) in [7, 11) is 1.65. The predicted octanol–water partition coefficient (Wildman–Crippen LogP) is 3.82. The molecule has 0 atom stereocenters. The third-order valence-corrected chi connectivity index (χ3v) is 4.90. The van der Waals surface area contributed by atoms with E-state index in [-0.39, 0.29) is 0 Å². The molecule has 1 aromatic heterocycles. The van der Waals surface area contributed by atoms with Gasteiger partial charge >= 0.3 is 0 Å². The molecule has 3 aromatic rings. The average molecular weight is 406 g/mol. The monoisotopic (exact) mass is 406 g/mol. The molecular formula is C22H26N6O2. The van der Waals surface area contributed by atoms with Crippen LogP contribution in [-0.2, 0) is 4.74 Å². The van der Waals surface area contributed by atoms with Crippen LogP contribution in [0.2, 0.25) is 0 Å². The molecule has 0 saturated carbocycles. The van der Waals surface area contributed by atoms with Crippen LogP contribution in [0.15, 0.2) is 42.5 Å². The van der Waals surface area contributed by atoms with Crippen molar-refractivity contribution in [1.82, 2.24) is 15.0 Å². The number of hydrogen-bond donors (Lipinski definition) is 2. The number of aryl methyl sites for hydroxylation is 2. The van der Waals surface area contributed by atoms with Crippen molar-refractivity contribution in [3.8, 4) is 5.75 Å². The summed E-state index contributed by atoms with van der Waals surface area (Å²) in [4.78, 5) is 16.0. The molecule has 4 rings (SSSR count). The van der Waals surface area contributed by atoms with Crippen molar-refractivity contribution in [3.05, 3.63) is 53.6 Å². The molecule has 0 bridgehead atoms. The van der Waals surface area contributed by atoms with Crippen LogP contribution in [0.25, 0.3) is 0 Å². The number of nitrogens with one attached hydrogen (secondary N) is 2. The van der Waals surface area contributed by atoms with Crippen molar-refractivity contribution in [2.45, 2.75) is 13.8 Å². The minimum absolute atomic E-state index is 0.476. The van der Waals surface area contributed by atoms with E-state index < -0.39 is 0 Å². The van der Waals surface area contributed by atoms with Crippen molar-refractivity contribution in [1.29, 1.82) is 0 Å². The van der Waals surface area contributed by atoms with Crippen LogP contribution >= 0.6 is 0 Å². The van der Waals surface area contributed by atoms with Crippen molar-refractivity contribution < 1.29 is 9.47 Å². The molecule has 8 heteroatoms. The maximum absolute atomic E-state index is 5.47. The lowest BCUT2D eigenvalue weighted by Gasteiger charge is -2.27. The molecule has 2 heterocycles. The van der Waals surface area contributed by atoms with E-state index in [9.17, 15) is 0 Å². The van der Waals surface area contributed by atoms with Gasteiger partial charge in [0.15, 0.2) is 0 Å². The van der Waals surface area contributed by atoms with Gasteiger partial charge in [0.1, 0.15) is 5.75 Å². The fourth-order valence-electron chi connectivity index (χ4n) is 3.18. The van der Waals surface area contributed by atoms with Gasteiger partial charge in [-0.05, 0) is 55.3 Å². The van der Waals surface area contributed by atoms with Crippen molar-refractivity contribution in [3.63, 3.8) is 0 Å². The van der Waals surface area contributed by atoms with Gasteiger partial charge in [-0.15, -0.1) is 0 Å². The van der Waals surface area contributed by atoms with Crippen LogP contribution in [0.3, 0.4) is 0 Å². The molecule has 2 aromatic carbocycles. The zero-order valence-corrected chi connectivity index (χ0v) is 17.5. The number of anilines is 5. The summed E-state index contributed by atoms with van der Waals surface area (Å²) in [5.74, 6) is 2.39. The first kappa shape index (κ1) is 19.9. The lowest BCUT2D eigenvalue weighted by atomic mass is 10.1. The first-order valence-electron chi connectivity index (χ1n) is 9.95. The maximum Gasteiger partial charge on any atom is 0.233 e. The van der Waals surface area contributed by atoms with E-state index >= 15 is 0 Å². The van der Waals surface area contributed by atoms with E-state index in [0.29, 0.717) is 31.1 Å². The first-order chi connectivity index (χ1) is 14.6. The number of methoxy groups -OCH3 is 1. The number of morpholine rings is 1. The molecule has 0 amide bonds. The largest absolute Gasteiger partial charge is 0.497 e. The lowest BCUT2D eigenvalue weighted by Crippen LogP contribution is -2.37. The van der Waals surface area contributed by atoms with Crippen LogP contribution in [-0.4, -0.2) is 48.4 Å². The Bertz CT molecular complexity index is 1000. The zero-order chi connectivity index (χ0) is 20.9. The van der Waals surface area contributed by atoms with Crippen LogP contribution < -0.4 is 20.3 Å². The normalized spacial score (nSPS) is 13.8. The molecule has 1 aliphatic heterocycles. The van der Waals surface area contributed by atoms with Gasteiger partial charge in [-0.25, -0.2) is 0 Å². The molecule has 1 saturated heterocycles. The molecule has 8 nitrogen and oxygen atoms in total. The Hall–Kier alpha value is -3.39. The van der Waals surface area contributed by atoms with Crippen LogP contribution in [0, 0.1) is 13.8 Å². The summed E-state index contributed by atoms with van der Waals surface area (Å²) >= 11 is 0. The molecule has 2 N–H and O–H groups in total. The van der Waals surface area contributed by atoms with E-state index in [4.69, 9.17) is 9.47 Å². The number of ether oxygens (including phenoxy) is 2. The minimum atomic E-state index is 0.476. The second-order valence-electron chi connectivity index (χ2n) is 7.18. The molecule has 0 radical (unpaired) electrons. The summed E-state index contributed by atoms with van der Waals surface area (Å²) < 4.78 is 10.7. The predicted molar refractivity (Wildman–Crippen MR) is 118 cm³/mol. The number of aromatic nitrogens is 3. The molecule has 156 valence electrons. The quantitative estimate of drug-likeness (QED) is 0.639. The molecule has 30 heavy (non-hydrogen) atoms. The van der Waals surface area contributed by atoms with Gasteiger partial charge in [-0.1, -0.05) is 12.1 Å². The van der Waals surface area contributed by atoms with Crippen molar-refractivity contribution in [2.24, 2.45) is 0 Å². The van der Waals surface area contributed by atoms with Crippen LogP contribution in [0.4, 0.5) is 29.2 Å². The van der Waals surface area contributed by atoms with Gasteiger partial charge in [-0.2, -0.15) is 15.0 Å². The van der Waals surface area contributed by atoms with E-state index in [0.717, 1.165) is 35.8 Å². The molecule has 0 spiro atoms. The second-order valence-corrected chi connectivity index (χ2v) is 7.18. The Labute approximate surface area is 176 Å². The zero-order valence-electron chi connectivity index (χ0n) is 17.5. The Balaban J connectivity index is 1.65. The smallest absolute Gasteiger partial charge is 0.233 e. The highest BCUT2D eigenvalue weighted by molar-refractivity contribution is 5.62. The van der Waals surface area contributed by atoms with E-state index in [1.165, 1.54) is 5.56 Å². The third kappa shape index (κ3) is 4.77. The van der Waals surface area contributed by atoms with Crippen LogP contribution in [0.1, 0.15) is 11.1 Å². The standard InChI is InChI=1S/C22H26N6O2/c1-15-4-5-16(2)19(14-15)24-21-25-20(23-17-6-8-18(29-3)9-7-17)26-22(27-21)28-10-12-30-13-11-28/h4-9,14H,10-13H2,1-3H3,(H2,23,24,25,26,27). The Morgan fingerprint density at radius 1 is 0.900 bits per heavy atom. The molecule has 1 aliphatic rings. The van der Waals surface area contributed by atoms with Crippen molar-refractivity contribution in [2.75, 3.05) is 48.9 Å². The SMILES string of the molecule is COc1ccc(Nc2nc(Nc3cc(C)ccc3C)nc(N3CCOCC3)n2)cc1. The minimum Gasteiger partial charge on any atom is -0.497 e. The Morgan fingerprint density at radius 3 is 2.30 bits per heavy atom. The summed E-state index contributed by atoms with van der Waals surface area (Å²) in [6.07, 6.45) is 0. The van der Waals surface area contributed by atoms with Gasteiger partial charge < -0.3 is 25.0 Å². The van der Waals surface area contributed by atoms with Gasteiger partial charge in [0.25, 0.3) is 0 Å². The summed E-state index contributed by atoms with van der Waals surface area (Å²) in [5, 5.41) is 6.63. The van der Waals surface area contributed by atoms with Gasteiger partial charge in [0, 0.05) is 24.5 Å².